The average Bonchev–Trinajstić information content (AvgIpc) is 2.70. The first-order valence-corrected chi connectivity index (χ1v) is 6.89. The van der Waals surface area contributed by atoms with Crippen LogP contribution < -0.4 is 5.73 Å². The fourth-order valence-electron chi connectivity index (χ4n) is 2.65. The van der Waals surface area contributed by atoms with Crippen molar-refractivity contribution in [1.82, 2.24) is 4.90 Å². The van der Waals surface area contributed by atoms with Crippen molar-refractivity contribution in [3.8, 4) is 0 Å². The van der Waals surface area contributed by atoms with E-state index in [0.29, 0.717) is 12.5 Å². The molecule has 0 bridgehead atoms. The van der Waals surface area contributed by atoms with Crippen LogP contribution in [0.2, 0.25) is 0 Å². The summed E-state index contributed by atoms with van der Waals surface area (Å²) in [4.78, 5) is 6.52. The molecule has 1 unspecified atom stereocenters. The highest BCUT2D eigenvalue weighted by Crippen LogP contribution is 2.32. The third kappa shape index (κ3) is 2.50. The van der Waals surface area contributed by atoms with Crippen molar-refractivity contribution in [1.29, 1.82) is 0 Å². The monoisotopic (exact) mass is 257 g/mol. The maximum atomic E-state index is 5.98. The van der Waals surface area contributed by atoms with E-state index in [4.69, 9.17) is 5.73 Å². The first-order chi connectivity index (χ1) is 9.11. The summed E-state index contributed by atoms with van der Waals surface area (Å²) in [6.45, 7) is 9.63. The molecule has 0 amide bonds. The lowest BCUT2D eigenvalue weighted by atomic mass is 9.90. The van der Waals surface area contributed by atoms with E-state index >= 15 is 0 Å². The number of nitrogens with zero attached hydrogens (tertiary/aromatic N) is 2. The van der Waals surface area contributed by atoms with Crippen LogP contribution in [0.3, 0.4) is 0 Å². The Hall–Kier alpha value is -1.77. The molecule has 0 saturated carbocycles. The number of aryl methyl sites for hydroxylation is 1. The smallest absolute Gasteiger partial charge is 0.192 e. The van der Waals surface area contributed by atoms with Crippen molar-refractivity contribution in [3.05, 3.63) is 48.0 Å². The van der Waals surface area contributed by atoms with Gasteiger partial charge in [-0.2, -0.15) is 0 Å². The molecule has 0 spiro atoms. The number of nitrogens with two attached hydrogens (primary N) is 1. The summed E-state index contributed by atoms with van der Waals surface area (Å²) in [6, 6.07) is 8.83. The minimum absolute atomic E-state index is 0.150. The molecule has 2 rings (SSSR count). The van der Waals surface area contributed by atoms with Crippen LogP contribution in [0.4, 0.5) is 0 Å². The van der Waals surface area contributed by atoms with Gasteiger partial charge in [0.05, 0.1) is 12.1 Å². The van der Waals surface area contributed by atoms with Crippen LogP contribution in [0.25, 0.3) is 0 Å². The van der Waals surface area contributed by atoms with Crippen molar-refractivity contribution in [2.75, 3.05) is 13.1 Å². The van der Waals surface area contributed by atoms with E-state index < -0.39 is 0 Å². The first-order valence-electron chi connectivity index (χ1n) is 6.89. The Bertz CT molecular complexity index is 475. The molecule has 3 heteroatoms. The van der Waals surface area contributed by atoms with Crippen molar-refractivity contribution < 1.29 is 0 Å². The number of benzene rings is 1. The van der Waals surface area contributed by atoms with E-state index in [1.165, 1.54) is 17.5 Å². The van der Waals surface area contributed by atoms with Gasteiger partial charge in [-0.1, -0.05) is 43.7 Å². The van der Waals surface area contributed by atoms with Crippen LogP contribution >= 0.6 is 0 Å². The molecular formula is C16H23N3. The van der Waals surface area contributed by atoms with Crippen molar-refractivity contribution in [2.24, 2.45) is 10.7 Å². The number of rotatable bonds is 5. The van der Waals surface area contributed by atoms with E-state index in [2.05, 4.69) is 54.6 Å². The van der Waals surface area contributed by atoms with Crippen LogP contribution in [-0.4, -0.2) is 23.9 Å². The van der Waals surface area contributed by atoms with Gasteiger partial charge in [-0.15, -0.1) is 6.58 Å². The number of aliphatic imine (C=N–C) groups is 1. The zero-order valence-corrected chi connectivity index (χ0v) is 11.9. The van der Waals surface area contributed by atoms with Gasteiger partial charge < -0.3 is 10.6 Å². The lowest BCUT2D eigenvalue weighted by molar-refractivity contribution is 0.245. The molecule has 1 heterocycles. The van der Waals surface area contributed by atoms with Gasteiger partial charge in [-0.05, 0) is 24.5 Å². The van der Waals surface area contributed by atoms with Gasteiger partial charge in [0.2, 0.25) is 0 Å². The van der Waals surface area contributed by atoms with Gasteiger partial charge in [-0.3, -0.25) is 4.99 Å². The molecule has 0 fully saturated rings. The van der Waals surface area contributed by atoms with Crippen LogP contribution in [0, 0.1) is 0 Å². The van der Waals surface area contributed by atoms with E-state index in [1.54, 1.807) is 0 Å². The van der Waals surface area contributed by atoms with Crippen molar-refractivity contribution >= 4 is 5.96 Å². The second-order valence-corrected chi connectivity index (χ2v) is 5.29. The van der Waals surface area contributed by atoms with Crippen LogP contribution in [0.5, 0.6) is 0 Å². The minimum Gasteiger partial charge on any atom is -0.370 e. The second-order valence-electron chi connectivity index (χ2n) is 5.29. The van der Waals surface area contributed by atoms with Gasteiger partial charge in [0.15, 0.2) is 5.96 Å². The van der Waals surface area contributed by atoms with Gasteiger partial charge in [0.1, 0.15) is 0 Å². The van der Waals surface area contributed by atoms with Crippen LogP contribution in [-0.2, 0) is 12.0 Å². The van der Waals surface area contributed by atoms with Gasteiger partial charge in [-0.25, -0.2) is 0 Å². The molecule has 102 valence electrons. The Kier molecular flexibility index (Phi) is 3.93. The highest BCUT2D eigenvalue weighted by Gasteiger charge is 2.38. The summed E-state index contributed by atoms with van der Waals surface area (Å²) >= 11 is 0. The Morgan fingerprint density at radius 3 is 2.68 bits per heavy atom. The third-order valence-electron chi connectivity index (χ3n) is 3.85. The van der Waals surface area contributed by atoms with E-state index in [-0.39, 0.29) is 5.54 Å². The second kappa shape index (κ2) is 5.47. The molecule has 0 radical (unpaired) electrons. The quantitative estimate of drug-likeness (QED) is 0.824. The fourth-order valence-corrected chi connectivity index (χ4v) is 2.65. The Morgan fingerprint density at radius 2 is 2.11 bits per heavy atom. The zero-order chi connectivity index (χ0) is 13.9. The summed E-state index contributed by atoms with van der Waals surface area (Å²) in [5.74, 6) is 0.611. The Morgan fingerprint density at radius 1 is 1.42 bits per heavy atom. The number of hydrogen-bond donors (Lipinski definition) is 1. The van der Waals surface area contributed by atoms with Crippen LogP contribution in [0.15, 0.2) is 41.9 Å². The van der Waals surface area contributed by atoms with Crippen molar-refractivity contribution in [2.45, 2.75) is 32.2 Å². The zero-order valence-electron chi connectivity index (χ0n) is 11.9. The standard InChI is InChI=1S/C16H23N3/c1-4-6-13-7-9-14(10-8-13)16(3)12-18-15(17)19(16)11-5-2/h5,7-10H,2,4,6,11-12H2,1,3H3,(H2,17,18). The molecule has 0 aromatic heterocycles. The number of guanidine groups is 1. The molecule has 2 N–H and O–H groups in total. The molecule has 1 aromatic carbocycles. The Balaban J connectivity index is 2.26. The predicted molar refractivity (Wildman–Crippen MR) is 81.2 cm³/mol. The van der Waals surface area contributed by atoms with Crippen LogP contribution in [0.1, 0.15) is 31.4 Å². The molecule has 1 aromatic rings. The minimum atomic E-state index is -0.150. The topological polar surface area (TPSA) is 41.6 Å². The maximum absolute atomic E-state index is 5.98. The van der Waals surface area contributed by atoms with E-state index in [1.807, 2.05) is 6.08 Å². The predicted octanol–water partition coefficient (Wildman–Crippen LogP) is 2.67. The lowest BCUT2D eigenvalue weighted by Gasteiger charge is -2.36. The fraction of sp³-hybridized carbons (Fsp3) is 0.438. The summed E-state index contributed by atoms with van der Waals surface area (Å²) in [6.07, 6.45) is 4.18. The van der Waals surface area contributed by atoms with E-state index in [0.717, 1.165) is 13.0 Å². The highest BCUT2D eigenvalue weighted by molar-refractivity contribution is 5.81. The number of hydrogen-bond acceptors (Lipinski definition) is 3. The van der Waals surface area contributed by atoms with Gasteiger partial charge in [0.25, 0.3) is 0 Å². The summed E-state index contributed by atoms with van der Waals surface area (Å²) in [5.41, 5.74) is 8.48. The van der Waals surface area contributed by atoms with Gasteiger partial charge in [0, 0.05) is 6.54 Å². The summed E-state index contributed by atoms with van der Waals surface area (Å²) < 4.78 is 0. The third-order valence-corrected chi connectivity index (χ3v) is 3.85. The molecule has 1 atom stereocenters. The summed E-state index contributed by atoms with van der Waals surface area (Å²) in [5, 5.41) is 0. The lowest BCUT2D eigenvalue weighted by Crippen LogP contribution is -2.47. The molecule has 1 aliphatic heterocycles. The van der Waals surface area contributed by atoms with Crippen molar-refractivity contribution in [3.63, 3.8) is 0 Å². The molecule has 19 heavy (non-hydrogen) atoms. The van der Waals surface area contributed by atoms with Gasteiger partial charge >= 0.3 is 0 Å². The molecular weight excluding hydrogens is 234 g/mol. The normalized spacial score (nSPS) is 22.4. The average molecular weight is 257 g/mol. The molecule has 1 aliphatic rings. The largest absolute Gasteiger partial charge is 0.370 e. The SMILES string of the molecule is C=CCN1C(N)=NCC1(C)c1ccc(CCC)cc1. The Labute approximate surface area is 115 Å². The summed E-state index contributed by atoms with van der Waals surface area (Å²) in [7, 11) is 0. The molecule has 0 aliphatic carbocycles. The molecule has 0 saturated heterocycles. The maximum Gasteiger partial charge on any atom is 0.192 e. The highest BCUT2D eigenvalue weighted by atomic mass is 15.3. The van der Waals surface area contributed by atoms with E-state index in [9.17, 15) is 0 Å². The first kappa shape index (κ1) is 13.7. The molecule has 3 nitrogen and oxygen atoms in total.